The molecule has 1 aromatic carbocycles. The maximum atomic E-state index is 13.2. The van der Waals surface area contributed by atoms with E-state index in [0.29, 0.717) is 12.1 Å². The number of nitrogens with one attached hydrogen (secondary N) is 1. The molecule has 1 aromatic rings. The van der Waals surface area contributed by atoms with Crippen LogP contribution in [-0.4, -0.2) is 39.5 Å². The lowest BCUT2D eigenvalue weighted by atomic mass is 10.2. The molecular formula is C13H22FN3O2S. The van der Waals surface area contributed by atoms with Crippen molar-refractivity contribution >= 4 is 10.0 Å². The minimum atomic E-state index is -3.73. The maximum absolute atomic E-state index is 13.2. The molecule has 0 radical (unpaired) electrons. The summed E-state index contributed by atoms with van der Waals surface area (Å²) in [4.78, 5) is 2.01. The van der Waals surface area contributed by atoms with Crippen LogP contribution in [0.3, 0.4) is 0 Å². The third-order valence-corrected chi connectivity index (χ3v) is 4.70. The Morgan fingerprint density at radius 1 is 1.30 bits per heavy atom. The van der Waals surface area contributed by atoms with Gasteiger partial charge in [-0.15, -0.1) is 0 Å². The minimum absolute atomic E-state index is 0.0482. The molecule has 0 heterocycles. The van der Waals surface area contributed by atoms with Crippen LogP contribution in [0.2, 0.25) is 0 Å². The first kappa shape index (κ1) is 17.0. The molecule has 0 aromatic heterocycles. The summed E-state index contributed by atoms with van der Waals surface area (Å²) in [7, 11) is -3.73. The number of rotatable bonds is 8. The van der Waals surface area contributed by atoms with Gasteiger partial charge in [-0.2, -0.15) is 0 Å². The fourth-order valence-corrected chi connectivity index (χ4v) is 3.18. The average Bonchev–Trinajstić information content (AvgIpc) is 2.43. The van der Waals surface area contributed by atoms with Crippen LogP contribution in [0.4, 0.5) is 4.39 Å². The number of likely N-dealkylation sites (N-methyl/N-ethyl adjacent to an activating group) is 1. The molecule has 1 rings (SSSR count). The van der Waals surface area contributed by atoms with Crippen molar-refractivity contribution in [2.75, 3.05) is 26.2 Å². The summed E-state index contributed by atoms with van der Waals surface area (Å²) in [6, 6.07) is 3.60. The first-order valence-corrected chi connectivity index (χ1v) is 8.13. The zero-order chi connectivity index (χ0) is 15.2. The number of hydrogen-bond donors (Lipinski definition) is 2. The second kappa shape index (κ2) is 7.68. The highest BCUT2D eigenvalue weighted by molar-refractivity contribution is 7.89. The van der Waals surface area contributed by atoms with E-state index in [1.807, 2.05) is 13.8 Å². The van der Waals surface area contributed by atoms with Gasteiger partial charge in [0.15, 0.2) is 0 Å². The lowest BCUT2D eigenvalue weighted by molar-refractivity contribution is 0.309. The van der Waals surface area contributed by atoms with Gasteiger partial charge in [-0.3, -0.25) is 0 Å². The lowest BCUT2D eigenvalue weighted by Crippen LogP contribution is -2.35. The Balaban J connectivity index is 2.81. The Hall–Kier alpha value is -1.02. The van der Waals surface area contributed by atoms with Crippen LogP contribution >= 0.6 is 0 Å². The van der Waals surface area contributed by atoms with E-state index in [4.69, 9.17) is 5.73 Å². The maximum Gasteiger partial charge on any atom is 0.241 e. The van der Waals surface area contributed by atoms with Crippen LogP contribution in [0.15, 0.2) is 23.1 Å². The molecule has 7 heteroatoms. The second-order valence-electron chi connectivity index (χ2n) is 4.38. The quantitative estimate of drug-likeness (QED) is 0.748. The van der Waals surface area contributed by atoms with E-state index in [1.165, 1.54) is 12.1 Å². The lowest BCUT2D eigenvalue weighted by Gasteiger charge is -2.18. The molecule has 0 aliphatic heterocycles. The third kappa shape index (κ3) is 4.52. The molecule has 0 fully saturated rings. The molecule has 0 amide bonds. The average molecular weight is 303 g/mol. The first-order valence-electron chi connectivity index (χ1n) is 6.65. The summed E-state index contributed by atoms with van der Waals surface area (Å²) >= 11 is 0. The monoisotopic (exact) mass is 303 g/mol. The molecule has 0 saturated heterocycles. The van der Waals surface area contributed by atoms with Crippen LogP contribution in [0.1, 0.15) is 19.4 Å². The van der Waals surface area contributed by atoms with Crippen molar-refractivity contribution in [3.05, 3.63) is 29.6 Å². The fourth-order valence-electron chi connectivity index (χ4n) is 1.90. The van der Waals surface area contributed by atoms with Crippen molar-refractivity contribution in [1.82, 2.24) is 9.62 Å². The van der Waals surface area contributed by atoms with Gasteiger partial charge in [-0.25, -0.2) is 17.5 Å². The molecule has 114 valence electrons. The molecule has 5 nitrogen and oxygen atoms in total. The van der Waals surface area contributed by atoms with Gasteiger partial charge >= 0.3 is 0 Å². The van der Waals surface area contributed by atoms with Gasteiger partial charge in [-0.05, 0) is 30.8 Å². The zero-order valence-electron chi connectivity index (χ0n) is 11.9. The third-order valence-electron chi connectivity index (χ3n) is 3.15. The molecular weight excluding hydrogens is 281 g/mol. The summed E-state index contributed by atoms with van der Waals surface area (Å²) < 4.78 is 40.1. The smallest absolute Gasteiger partial charge is 0.241 e. The predicted octanol–water partition coefficient (Wildman–Crippen LogP) is 0.905. The van der Waals surface area contributed by atoms with Crippen molar-refractivity contribution in [1.29, 1.82) is 0 Å². The Labute approximate surface area is 120 Å². The van der Waals surface area contributed by atoms with E-state index in [0.717, 1.165) is 19.2 Å². The summed E-state index contributed by atoms with van der Waals surface area (Å²) in [5.74, 6) is -0.591. The number of halogens is 1. The van der Waals surface area contributed by atoms with Gasteiger partial charge in [0.2, 0.25) is 10.0 Å². The summed E-state index contributed by atoms with van der Waals surface area (Å²) in [6.45, 7) is 6.67. The Bertz CT molecular complexity index is 530. The molecule has 0 spiro atoms. The molecule has 3 N–H and O–H groups in total. The molecule has 0 saturated carbocycles. The minimum Gasteiger partial charge on any atom is -0.326 e. The summed E-state index contributed by atoms with van der Waals surface area (Å²) in [5, 5.41) is 0. The van der Waals surface area contributed by atoms with Crippen molar-refractivity contribution < 1.29 is 12.8 Å². The van der Waals surface area contributed by atoms with Gasteiger partial charge in [0.1, 0.15) is 5.82 Å². The highest BCUT2D eigenvalue weighted by atomic mass is 32.2. The van der Waals surface area contributed by atoms with E-state index in [2.05, 4.69) is 9.62 Å². The largest absolute Gasteiger partial charge is 0.326 e. The first-order chi connectivity index (χ1) is 9.44. The second-order valence-corrected chi connectivity index (χ2v) is 6.12. The molecule has 0 aliphatic carbocycles. The summed E-state index contributed by atoms with van der Waals surface area (Å²) in [5.41, 5.74) is 5.90. The molecule has 20 heavy (non-hydrogen) atoms. The van der Waals surface area contributed by atoms with Crippen LogP contribution in [0.5, 0.6) is 0 Å². The number of hydrogen-bond acceptors (Lipinski definition) is 4. The van der Waals surface area contributed by atoms with Gasteiger partial charge in [0.25, 0.3) is 0 Å². The summed E-state index contributed by atoms with van der Waals surface area (Å²) in [6.07, 6.45) is 0. The van der Waals surface area contributed by atoms with Crippen molar-refractivity contribution in [3.63, 3.8) is 0 Å². The van der Waals surface area contributed by atoms with Crippen LogP contribution in [-0.2, 0) is 16.6 Å². The highest BCUT2D eigenvalue weighted by Gasteiger charge is 2.18. The van der Waals surface area contributed by atoms with E-state index < -0.39 is 15.8 Å². The van der Waals surface area contributed by atoms with Crippen LogP contribution < -0.4 is 10.5 Å². The normalized spacial score (nSPS) is 12.1. The van der Waals surface area contributed by atoms with E-state index in [9.17, 15) is 12.8 Å². The van der Waals surface area contributed by atoms with E-state index >= 15 is 0 Å². The van der Waals surface area contributed by atoms with Crippen molar-refractivity contribution in [2.24, 2.45) is 5.73 Å². The van der Waals surface area contributed by atoms with Gasteiger partial charge in [-0.1, -0.05) is 19.9 Å². The molecule has 0 unspecified atom stereocenters. The number of benzene rings is 1. The predicted molar refractivity (Wildman–Crippen MR) is 77.3 cm³/mol. The van der Waals surface area contributed by atoms with Gasteiger partial charge in [0.05, 0.1) is 4.90 Å². The molecule has 0 aliphatic rings. The number of sulfonamides is 1. The van der Waals surface area contributed by atoms with E-state index in [1.54, 1.807) is 0 Å². The standard InChI is InChI=1S/C13H22FN3O2S/c1-3-17(4-2)8-7-16-20(18,19)13-9-12(14)6-5-11(13)10-15/h5-6,9,16H,3-4,7-8,10,15H2,1-2H3. The van der Waals surface area contributed by atoms with Crippen LogP contribution in [0.25, 0.3) is 0 Å². The number of nitrogens with two attached hydrogens (primary N) is 1. The van der Waals surface area contributed by atoms with Gasteiger partial charge in [0, 0.05) is 19.6 Å². The van der Waals surface area contributed by atoms with E-state index in [-0.39, 0.29) is 18.0 Å². The topological polar surface area (TPSA) is 75.4 Å². The number of nitrogens with zero attached hydrogens (tertiary/aromatic N) is 1. The molecule has 0 bridgehead atoms. The fraction of sp³-hybridized carbons (Fsp3) is 0.538. The molecule has 0 atom stereocenters. The highest BCUT2D eigenvalue weighted by Crippen LogP contribution is 2.16. The van der Waals surface area contributed by atoms with Crippen LogP contribution in [0, 0.1) is 5.82 Å². The van der Waals surface area contributed by atoms with Crippen molar-refractivity contribution in [2.45, 2.75) is 25.3 Å². The van der Waals surface area contributed by atoms with Crippen molar-refractivity contribution in [3.8, 4) is 0 Å². The Morgan fingerprint density at radius 3 is 2.50 bits per heavy atom. The zero-order valence-corrected chi connectivity index (χ0v) is 12.7. The SMILES string of the molecule is CCN(CC)CCNS(=O)(=O)c1cc(F)ccc1CN. The Morgan fingerprint density at radius 2 is 1.95 bits per heavy atom. The van der Waals surface area contributed by atoms with Gasteiger partial charge < -0.3 is 10.6 Å². The Kier molecular flexibility index (Phi) is 6.54.